The van der Waals surface area contributed by atoms with Gasteiger partial charge in [-0.1, -0.05) is 18.2 Å². The molecular weight excluding hydrogens is 481 g/mol. The number of sulfone groups is 1. The number of pyridine rings is 1. The topological polar surface area (TPSA) is 82.6 Å². The summed E-state index contributed by atoms with van der Waals surface area (Å²) in [5, 5.41) is 2.80. The van der Waals surface area contributed by atoms with Crippen LogP contribution in [0.15, 0.2) is 77.8 Å². The van der Waals surface area contributed by atoms with Crippen molar-refractivity contribution in [1.29, 1.82) is 0 Å². The number of amides is 1. The van der Waals surface area contributed by atoms with E-state index in [0.717, 1.165) is 17.7 Å². The SMILES string of the molecule is CC1CN(c2ccc(S(=O)(=O)C(F)(F)F)cc2)CN1Cc1ccnc(C(=O)Nc2ccccc2)c1. The van der Waals surface area contributed by atoms with Gasteiger partial charge in [0, 0.05) is 36.7 Å². The van der Waals surface area contributed by atoms with E-state index < -0.39 is 20.2 Å². The number of rotatable bonds is 6. The first-order valence-electron chi connectivity index (χ1n) is 10.8. The van der Waals surface area contributed by atoms with E-state index in [-0.39, 0.29) is 17.6 Å². The van der Waals surface area contributed by atoms with E-state index in [1.165, 1.54) is 12.1 Å². The predicted molar refractivity (Wildman–Crippen MR) is 126 cm³/mol. The van der Waals surface area contributed by atoms with Crippen molar-refractivity contribution in [1.82, 2.24) is 9.88 Å². The molecule has 1 fully saturated rings. The molecule has 4 rings (SSSR count). The van der Waals surface area contributed by atoms with Crippen LogP contribution in [0.5, 0.6) is 0 Å². The van der Waals surface area contributed by atoms with Crippen LogP contribution in [0.25, 0.3) is 0 Å². The molecule has 0 spiro atoms. The van der Waals surface area contributed by atoms with Gasteiger partial charge in [-0.15, -0.1) is 0 Å². The van der Waals surface area contributed by atoms with Crippen LogP contribution in [-0.4, -0.2) is 49.0 Å². The fraction of sp³-hybridized carbons (Fsp3) is 0.250. The summed E-state index contributed by atoms with van der Waals surface area (Å²) in [5.74, 6) is -0.317. The Kier molecular flexibility index (Phi) is 6.82. The number of carbonyl (C=O) groups is 1. The lowest BCUT2D eigenvalue weighted by atomic mass is 10.2. The van der Waals surface area contributed by atoms with Gasteiger partial charge in [0.05, 0.1) is 11.6 Å². The first-order chi connectivity index (χ1) is 16.5. The Morgan fingerprint density at radius 2 is 1.77 bits per heavy atom. The molecule has 0 radical (unpaired) electrons. The molecule has 0 aliphatic carbocycles. The third-order valence-electron chi connectivity index (χ3n) is 5.75. The number of halogens is 3. The lowest BCUT2D eigenvalue weighted by molar-refractivity contribution is -0.0436. The van der Waals surface area contributed by atoms with Crippen molar-refractivity contribution in [3.8, 4) is 0 Å². The zero-order chi connectivity index (χ0) is 25.2. The number of aromatic nitrogens is 1. The second-order valence-electron chi connectivity index (χ2n) is 8.27. The molecule has 3 aromatic rings. The fourth-order valence-electron chi connectivity index (χ4n) is 3.86. The van der Waals surface area contributed by atoms with E-state index in [9.17, 15) is 26.4 Å². The monoisotopic (exact) mass is 504 g/mol. The molecule has 2 aromatic carbocycles. The first kappa shape index (κ1) is 24.7. The van der Waals surface area contributed by atoms with Crippen LogP contribution in [0.1, 0.15) is 23.0 Å². The highest BCUT2D eigenvalue weighted by Crippen LogP contribution is 2.32. The summed E-state index contributed by atoms with van der Waals surface area (Å²) in [5.41, 5.74) is -2.87. The number of anilines is 2. The summed E-state index contributed by atoms with van der Waals surface area (Å²) in [6.45, 7) is 3.65. The van der Waals surface area contributed by atoms with Crippen LogP contribution >= 0.6 is 0 Å². The molecule has 11 heteroatoms. The van der Waals surface area contributed by atoms with Crippen molar-refractivity contribution >= 4 is 27.1 Å². The Labute approximate surface area is 201 Å². The lowest BCUT2D eigenvalue weighted by Crippen LogP contribution is -2.28. The Balaban J connectivity index is 1.42. The third kappa shape index (κ3) is 5.46. The summed E-state index contributed by atoms with van der Waals surface area (Å²) < 4.78 is 61.5. The molecule has 1 atom stereocenters. The highest BCUT2D eigenvalue weighted by atomic mass is 32.2. The highest BCUT2D eigenvalue weighted by molar-refractivity contribution is 7.92. The van der Waals surface area contributed by atoms with Crippen molar-refractivity contribution in [3.63, 3.8) is 0 Å². The average molecular weight is 505 g/mol. The van der Waals surface area contributed by atoms with Crippen molar-refractivity contribution in [3.05, 3.63) is 84.2 Å². The van der Waals surface area contributed by atoms with Crippen molar-refractivity contribution < 1.29 is 26.4 Å². The molecule has 2 heterocycles. The Morgan fingerprint density at radius 1 is 1.09 bits per heavy atom. The molecule has 1 aliphatic rings. The van der Waals surface area contributed by atoms with Gasteiger partial charge in [0.15, 0.2) is 0 Å². The van der Waals surface area contributed by atoms with Gasteiger partial charge in [-0.25, -0.2) is 8.42 Å². The predicted octanol–water partition coefficient (Wildman–Crippen LogP) is 4.30. The summed E-state index contributed by atoms with van der Waals surface area (Å²) in [4.78, 5) is 20.0. The van der Waals surface area contributed by atoms with Gasteiger partial charge >= 0.3 is 5.51 Å². The quantitative estimate of drug-likeness (QED) is 0.539. The number of nitrogens with one attached hydrogen (secondary N) is 1. The van der Waals surface area contributed by atoms with Crippen LogP contribution in [0.2, 0.25) is 0 Å². The Morgan fingerprint density at radius 3 is 2.43 bits per heavy atom. The minimum atomic E-state index is -5.38. The van der Waals surface area contributed by atoms with Gasteiger partial charge in [0.2, 0.25) is 0 Å². The van der Waals surface area contributed by atoms with Gasteiger partial charge < -0.3 is 10.2 Å². The number of hydrogen-bond donors (Lipinski definition) is 1. The van der Waals surface area contributed by atoms with E-state index >= 15 is 0 Å². The molecule has 1 amide bonds. The summed E-state index contributed by atoms with van der Waals surface area (Å²) >= 11 is 0. The largest absolute Gasteiger partial charge is 0.501 e. The van der Waals surface area contributed by atoms with E-state index in [4.69, 9.17) is 0 Å². The maximum Gasteiger partial charge on any atom is 0.501 e. The van der Waals surface area contributed by atoms with Gasteiger partial charge in [-0.2, -0.15) is 13.2 Å². The van der Waals surface area contributed by atoms with Gasteiger partial charge in [0.1, 0.15) is 5.69 Å². The summed E-state index contributed by atoms with van der Waals surface area (Å²) in [7, 11) is -5.38. The van der Waals surface area contributed by atoms with E-state index in [2.05, 4.69) is 15.2 Å². The van der Waals surface area contributed by atoms with Crippen molar-refractivity contribution in [2.45, 2.75) is 29.9 Å². The van der Waals surface area contributed by atoms with Gasteiger partial charge in [-0.3, -0.25) is 14.7 Å². The van der Waals surface area contributed by atoms with Crippen molar-refractivity contribution in [2.24, 2.45) is 0 Å². The Bertz CT molecular complexity index is 1300. The number of nitrogens with zero attached hydrogens (tertiary/aromatic N) is 3. The number of benzene rings is 2. The first-order valence-corrected chi connectivity index (χ1v) is 12.2. The molecule has 7 nitrogen and oxygen atoms in total. The number of hydrogen-bond acceptors (Lipinski definition) is 6. The van der Waals surface area contributed by atoms with Crippen LogP contribution < -0.4 is 10.2 Å². The summed E-state index contributed by atoms with van der Waals surface area (Å²) in [6, 6.07) is 17.5. The second kappa shape index (κ2) is 9.67. The molecule has 1 aromatic heterocycles. The standard InChI is InChI=1S/C24H23F3N4O3S/c1-17-14-31(20-7-9-21(10-8-20)35(33,34)24(25,26)27)16-30(17)15-18-11-12-28-22(13-18)23(32)29-19-5-3-2-4-6-19/h2-13,17H,14-16H2,1H3,(H,29,32). The van der Waals surface area contributed by atoms with Crippen LogP contribution in [-0.2, 0) is 16.4 Å². The Hall–Kier alpha value is -3.44. The fourth-order valence-corrected chi connectivity index (χ4v) is 4.62. The van der Waals surface area contributed by atoms with Crippen molar-refractivity contribution in [2.75, 3.05) is 23.4 Å². The normalized spacial score (nSPS) is 16.9. The third-order valence-corrected chi connectivity index (χ3v) is 7.25. The lowest BCUT2D eigenvalue weighted by Gasteiger charge is -2.21. The van der Waals surface area contributed by atoms with E-state index in [1.54, 1.807) is 24.4 Å². The van der Waals surface area contributed by atoms with Gasteiger partial charge in [0.25, 0.3) is 15.7 Å². The molecule has 1 saturated heterocycles. The number of alkyl halides is 3. The number of para-hydroxylation sites is 1. The maximum absolute atomic E-state index is 12.8. The second-order valence-corrected chi connectivity index (χ2v) is 10.2. The molecule has 35 heavy (non-hydrogen) atoms. The zero-order valence-electron chi connectivity index (χ0n) is 18.7. The van der Waals surface area contributed by atoms with E-state index in [1.807, 2.05) is 36.1 Å². The maximum atomic E-state index is 12.8. The van der Waals surface area contributed by atoms with E-state index in [0.29, 0.717) is 31.1 Å². The molecule has 0 bridgehead atoms. The minimum absolute atomic E-state index is 0.114. The molecule has 1 unspecified atom stereocenters. The van der Waals surface area contributed by atoms with Gasteiger partial charge in [-0.05, 0) is 61.0 Å². The highest BCUT2D eigenvalue weighted by Gasteiger charge is 2.46. The van der Waals surface area contributed by atoms with Crippen LogP contribution in [0, 0.1) is 0 Å². The molecule has 184 valence electrons. The molecular formula is C24H23F3N4O3S. The average Bonchev–Trinajstić information content (AvgIpc) is 3.19. The molecule has 0 saturated carbocycles. The zero-order valence-corrected chi connectivity index (χ0v) is 19.6. The smallest absolute Gasteiger partial charge is 0.357 e. The van der Waals surface area contributed by atoms with Crippen LogP contribution in [0.4, 0.5) is 24.5 Å². The van der Waals surface area contributed by atoms with Crippen LogP contribution in [0.3, 0.4) is 0 Å². The minimum Gasteiger partial charge on any atom is -0.357 e. The molecule has 1 aliphatic heterocycles. The summed E-state index contributed by atoms with van der Waals surface area (Å²) in [6.07, 6.45) is 1.58. The molecule has 1 N–H and O–H groups in total. The number of carbonyl (C=O) groups excluding carboxylic acids is 1.